The van der Waals surface area contributed by atoms with Crippen LogP contribution in [0, 0.1) is 0 Å². The van der Waals surface area contributed by atoms with Crippen LogP contribution in [-0.4, -0.2) is 9.55 Å². The first-order chi connectivity index (χ1) is 9.25. The quantitative estimate of drug-likeness (QED) is 0.710. The Morgan fingerprint density at radius 3 is 2.42 bits per heavy atom. The molecule has 3 rings (SSSR count). The van der Waals surface area contributed by atoms with E-state index >= 15 is 0 Å². The normalized spacial score (nSPS) is 12.5. The van der Waals surface area contributed by atoms with Crippen molar-refractivity contribution in [3.8, 4) is 5.75 Å². The van der Waals surface area contributed by atoms with Gasteiger partial charge in [0.25, 0.3) is 0 Å². The zero-order chi connectivity index (χ0) is 13.2. The van der Waals surface area contributed by atoms with Crippen molar-refractivity contribution in [3.63, 3.8) is 0 Å². The molecule has 3 aromatic rings. The molecule has 0 unspecified atom stereocenters. The van der Waals surface area contributed by atoms with Crippen molar-refractivity contribution < 1.29 is 4.74 Å². The van der Waals surface area contributed by atoms with Gasteiger partial charge >= 0.3 is 0 Å². The summed E-state index contributed by atoms with van der Waals surface area (Å²) < 4.78 is 8.01. The van der Waals surface area contributed by atoms with Crippen LogP contribution in [0.25, 0.3) is 11.0 Å². The Labute approximate surface area is 112 Å². The summed E-state index contributed by atoms with van der Waals surface area (Å²) >= 11 is 0. The molecule has 1 aromatic heterocycles. The molecule has 0 radical (unpaired) electrons. The lowest BCUT2D eigenvalue weighted by atomic mass is 10.3. The van der Waals surface area contributed by atoms with E-state index in [2.05, 4.69) is 15.6 Å². The summed E-state index contributed by atoms with van der Waals surface area (Å²) in [7, 11) is 2.02. The van der Waals surface area contributed by atoms with Gasteiger partial charge in [0.2, 0.25) is 0 Å². The third kappa shape index (κ3) is 2.19. The van der Waals surface area contributed by atoms with Crippen LogP contribution in [-0.2, 0) is 7.05 Å². The molecule has 3 nitrogen and oxygen atoms in total. The van der Waals surface area contributed by atoms with Crippen molar-refractivity contribution in [2.24, 2.45) is 7.05 Å². The lowest BCUT2D eigenvalue weighted by Gasteiger charge is -2.14. The van der Waals surface area contributed by atoms with E-state index < -0.39 is 0 Å². The molecule has 2 aromatic carbocycles. The fraction of sp³-hybridized carbons (Fsp3) is 0.188. The summed E-state index contributed by atoms with van der Waals surface area (Å²) in [6, 6.07) is 18.0. The van der Waals surface area contributed by atoms with Crippen molar-refractivity contribution in [1.29, 1.82) is 0 Å². The average Bonchev–Trinajstić information content (AvgIpc) is 2.78. The summed E-state index contributed by atoms with van der Waals surface area (Å²) in [5.41, 5.74) is 2.13. The van der Waals surface area contributed by atoms with Crippen molar-refractivity contribution in [2.45, 2.75) is 13.0 Å². The van der Waals surface area contributed by atoms with Gasteiger partial charge in [-0.25, -0.2) is 4.98 Å². The standard InChI is InChI=1S/C16H16N2O/c1-12(19-13-8-4-3-5-9-13)16-17-14-10-6-7-11-15(14)18(16)2/h3-12H,1-2H3/t12-/m0/s1. The minimum Gasteiger partial charge on any atom is -0.483 e. The van der Waals surface area contributed by atoms with Gasteiger partial charge in [-0.05, 0) is 31.2 Å². The maximum atomic E-state index is 5.93. The lowest BCUT2D eigenvalue weighted by molar-refractivity contribution is 0.213. The second-order valence-electron chi connectivity index (χ2n) is 4.59. The molecule has 0 bridgehead atoms. The largest absolute Gasteiger partial charge is 0.483 e. The molecule has 0 aliphatic rings. The molecule has 19 heavy (non-hydrogen) atoms. The molecule has 0 fully saturated rings. The van der Waals surface area contributed by atoms with Crippen molar-refractivity contribution in [3.05, 3.63) is 60.4 Å². The molecular weight excluding hydrogens is 236 g/mol. The highest BCUT2D eigenvalue weighted by Gasteiger charge is 2.15. The SMILES string of the molecule is C[C@H](Oc1ccccc1)c1nc2ccccc2n1C. The van der Waals surface area contributed by atoms with E-state index in [1.807, 2.05) is 62.5 Å². The molecule has 0 spiro atoms. The van der Waals surface area contributed by atoms with Gasteiger partial charge in [-0.2, -0.15) is 0 Å². The number of aromatic nitrogens is 2. The van der Waals surface area contributed by atoms with Gasteiger partial charge < -0.3 is 9.30 Å². The number of rotatable bonds is 3. The van der Waals surface area contributed by atoms with Crippen molar-refractivity contribution in [2.75, 3.05) is 0 Å². The Balaban J connectivity index is 1.93. The Hall–Kier alpha value is -2.29. The van der Waals surface area contributed by atoms with E-state index in [0.29, 0.717) is 0 Å². The topological polar surface area (TPSA) is 27.1 Å². The molecule has 0 amide bonds. The Morgan fingerprint density at radius 2 is 1.68 bits per heavy atom. The van der Waals surface area contributed by atoms with Crippen LogP contribution in [0.5, 0.6) is 5.75 Å². The number of hydrogen-bond acceptors (Lipinski definition) is 2. The summed E-state index contributed by atoms with van der Waals surface area (Å²) in [4.78, 5) is 4.65. The summed E-state index contributed by atoms with van der Waals surface area (Å²) in [5, 5.41) is 0. The smallest absolute Gasteiger partial charge is 0.153 e. The second kappa shape index (κ2) is 4.76. The maximum Gasteiger partial charge on any atom is 0.153 e. The van der Waals surface area contributed by atoms with Crippen LogP contribution in [0.15, 0.2) is 54.6 Å². The molecule has 96 valence electrons. The highest BCUT2D eigenvalue weighted by molar-refractivity contribution is 5.75. The summed E-state index contributed by atoms with van der Waals surface area (Å²) in [6.07, 6.45) is -0.0835. The number of benzene rings is 2. The van der Waals surface area contributed by atoms with Gasteiger partial charge in [-0.15, -0.1) is 0 Å². The Bertz CT molecular complexity index is 688. The van der Waals surface area contributed by atoms with Gasteiger partial charge in [-0.3, -0.25) is 0 Å². The first kappa shape index (κ1) is 11.8. The Kier molecular flexibility index (Phi) is 2.95. The fourth-order valence-electron chi connectivity index (χ4n) is 2.28. The zero-order valence-electron chi connectivity index (χ0n) is 11.1. The van der Waals surface area contributed by atoms with E-state index in [4.69, 9.17) is 4.74 Å². The first-order valence-electron chi connectivity index (χ1n) is 6.39. The minimum absolute atomic E-state index is 0.0835. The zero-order valence-corrected chi connectivity index (χ0v) is 11.1. The van der Waals surface area contributed by atoms with E-state index in [9.17, 15) is 0 Å². The summed E-state index contributed by atoms with van der Waals surface area (Å²) in [5.74, 6) is 1.80. The monoisotopic (exact) mass is 252 g/mol. The molecular formula is C16H16N2O. The third-order valence-electron chi connectivity index (χ3n) is 3.24. The van der Waals surface area contributed by atoms with Crippen LogP contribution in [0.3, 0.4) is 0 Å². The van der Waals surface area contributed by atoms with Gasteiger partial charge in [0, 0.05) is 7.05 Å². The Morgan fingerprint density at radius 1 is 1.00 bits per heavy atom. The number of para-hydroxylation sites is 3. The molecule has 0 N–H and O–H groups in total. The van der Waals surface area contributed by atoms with Crippen LogP contribution < -0.4 is 4.74 Å². The van der Waals surface area contributed by atoms with Crippen LogP contribution in [0.1, 0.15) is 18.9 Å². The predicted octanol–water partition coefficient (Wildman–Crippen LogP) is 3.71. The number of hydrogen-bond donors (Lipinski definition) is 0. The molecule has 1 atom stereocenters. The van der Waals surface area contributed by atoms with Crippen LogP contribution in [0.2, 0.25) is 0 Å². The predicted molar refractivity (Wildman–Crippen MR) is 76.2 cm³/mol. The van der Waals surface area contributed by atoms with E-state index in [0.717, 1.165) is 22.6 Å². The van der Waals surface area contributed by atoms with Gasteiger partial charge in [0.05, 0.1) is 11.0 Å². The molecule has 1 heterocycles. The van der Waals surface area contributed by atoms with Gasteiger partial charge in [-0.1, -0.05) is 30.3 Å². The fourth-order valence-corrected chi connectivity index (χ4v) is 2.28. The second-order valence-corrected chi connectivity index (χ2v) is 4.59. The van der Waals surface area contributed by atoms with E-state index in [1.54, 1.807) is 0 Å². The highest BCUT2D eigenvalue weighted by Crippen LogP contribution is 2.23. The molecule has 3 heteroatoms. The molecule has 0 saturated carbocycles. The number of imidazole rings is 1. The molecule has 0 aliphatic heterocycles. The van der Waals surface area contributed by atoms with Crippen LogP contribution >= 0.6 is 0 Å². The van der Waals surface area contributed by atoms with Gasteiger partial charge in [0.15, 0.2) is 11.9 Å². The number of nitrogens with zero attached hydrogens (tertiary/aromatic N) is 2. The number of fused-ring (bicyclic) bond motifs is 1. The van der Waals surface area contributed by atoms with Crippen LogP contribution in [0.4, 0.5) is 0 Å². The lowest BCUT2D eigenvalue weighted by Crippen LogP contribution is -2.09. The first-order valence-corrected chi connectivity index (χ1v) is 6.39. The van der Waals surface area contributed by atoms with Crippen molar-refractivity contribution >= 4 is 11.0 Å². The van der Waals surface area contributed by atoms with Crippen molar-refractivity contribution in [1.82, 2.24) is 9.55 Å². The maximum absolute atomic E-state index is 5.93. The van der Waals surface area contributed by atoms with E-state index in [-0.39, 0.29) is 6.10 Å². The average molecular weight is 252 g/mol. The van der Waals surface area contributed by atoms with Gasteiger partial charge in [0.1, 0.15) is 5.75 Å². The minimum atomic E-state index is -0.0835. The molecule has 0 saturated heterocycles. The summed E-state index contributed by atoms with van der Waals surface area (Å²) in [6.45, 7) is 2.02. The third-order valence-corrected chi connectivity index (χ3v) is 3.24. The number of ether oxygens (including phenoxy) is 1. The molecule has 0 aliphatic carbocycles. The van der Waals surface area contributed by atoms with E-state index in [1.165, 1.54) is 0 Å². The number of aryl methyl sites for hydroxylation is 1. The highest BCUT2D eigenvalue weighted by atomic mass is 16.5.